The summed E-state index contributed by atoms with van der Waals surface area (Å²) >= 11 is 0. The summed E-state index contributed by atoms with van der Waals surface area (Å²) in [6.45, 7) is 4.05. The molecule has 8 heteroatoms. The molecule has 0 radical (unpaired) electrons. The van der Waals surface area contributed by atoms with Gasteiger partial charge < -0.3 is 20.2 Å². The summed E-state index contributed by atoms with van der Waals surface area (Å²) < 4.78 is 15.8. The number of rotatable bonds is 33. The fourth-order valence-corrected chi connectivity index (χ4v) is 5.81. The van der Waals surface area contributed by atoms with E-state index in [9.17, 15) is 14.5 Å². The van der Waals surface area contributed by atoms with Crippen LogP contribution in [0, 0.1) is 0 Å². The first-order chi connectivity index (χ1) is 20.8. The smallest absolute Gasteiger partial charge is 0.387 e. The van der Waals surface area contributed by atoms with Crippen molar-refractivity contribution in [3.05, 3.63) is 12.2 Å². The van der Waals surface area contributed by atoms with Crippen LogP contribution in [0.1, 0.15) is 187 Å². The molecular formula is C35H70NO6P. The van der Waals surface area contributed by atoms with Crippen LogP contribution in [0.5, 0.6) is 0 Å². The largest absolute Gasteiger partial charge is 0.469 e. The molecule has 0 aliphatic rings. The molecule has 0 unspecified atom stereocenters. The Balaban J connectivity index is 4.00. The molecule has 7 nitrogen and oxygen atoms in total. The Labute approximate surface area is 265 Å². The maximum Gasteiger partial charge on any atom is 0.469 e. The lowest BCUT2D eigenvalue weighted by Crippen LogP contribution is -2.45. The first-order valence-corrected chi connectivity index (χ1v) is 19.7. The average Bonchev–Trinajstić information content (AvgIpc) is 2.97. The summed E-state index contributed by atoms with van der Waals surface area (Å²) in [5, 5.41) is 13.3. The van der Waals surface area contributed by atoms with Gasteiger partial charge in [0.05, 0.1) is 18.8 Å². The number of nitrogens with one attached hydrogen (secondary N) is 1. The van der Waals surface area contributed by atoms with Crippen LogP contribution >= 0.6 is 7.82 Å². The van der Waals surface area contributed by atoms with Crippen molar-refractivity contribution in [2.45, 2.75) is 199 Å². The zero-order valence-corrected chi connectivity index (χ0v) is 29.0. The molecule has 0 aliphatic carbocycles. The number of aliphatic hydroxyl groups is 1. The van der Waals surface area contributed by atoms with Gasteiger partial charge in [-0.15, -0.1) is 0 Å². The zero-order valence-electron chi connectivity index (χ0n) is 28.1. The molecule has 0 aliphatic heterocycles. The highest BCUT2D eigenvalue weighted by Gasteiger charge is 2.24. The van der Waals surface area contributed by atoms with Crippen molar-refractivity contribution in [2.24, 2.45) is 0 Å². The van der Waals surface area contributed by atoms with Crippen LogP contribution in [-0.2, 0) is 13.9 Å². The van der Waals surface area contributed by atoms with E-state index in [1.807, 2.05) is 6.08 Å². The van der Waals surface area contributed by atoms with Gasteiger partial charge in [0, 0.05) is 6.42 Å². The summed E-state index contributed by atoms with van der Waals surface area (Å²) in [6, 6.07) is -0.902. The normalized spacial score (nSPS) is 13.5. The zero-order chi connectivity index (χ0) is 31.9. The second-order valence-corrected chi connectivity index (χ2v) is 13.8. The van der Waals surface area contributed by atoms with Gasteiger partial charge in [-0.3, -0.25) is 9.32 Å². The van der Waals surface area contributed by atoms with Crippen molar-refractivity contribution in [2.75, 3.05) is 6.61 Å². The topological polar surface area (TPSA) is 116 Å². The number of hydrogen-bond acceptors (Lipinski definition) is 4. The van der Waals surface area contributed by atoms with Gasteiger partial charge in [0.15, 0.2) is 0 Å². The van der Waals surface area contributed by atoms with Gasteiger partial charge in [-0.25, -0.2) is 4.57 Å². The minimum Gasteiger partial charge on any atom is -0.387 e. The van der Waals surface area contributed by atoms with Crippen LogP contribution in [0.2, 0.25) is 0 Å². The Bertz CT molecular complexity index is 683. The van der Waals surface area contributed by atoms with Crippen LogP contribution in [0.3, 0.4) is 0 Å². The number of phosphoric acid groups is 1. The molecule has 0 fully saturated rings. The molecule has 0 heterocycles. The third kappa shape index (κ3) is 32.5. The van der Waals surface area contributed by atoms with E-state index >= 15 is 0 Å². The third-order valence-electron chi connectivity index (χ3n) is 8.25. The lowest BCUT2D eigenvalue weighted by atomic mass is 10.0. The average molecular weight is 632 g/mol. The second kappa shape index (κ2) is 31.3. The molecule has 2 atom stereocenters. The number of unbranched alkanes of at least 4 members (excludes halogenated alkanes) is 24. The lowest BCUT2D eigenvalue weighted by Gasteiger charge is -2.22. The van der Waals surface area contributed by atoms with Crippen molar-refractivity contribution in [3.63, 3.8) is 0 Å². The minimum atomic E-state index is -4.70. The number of hydrogen-bond donors (Lipinski definition) is 4. The molecule has 0 rings (SSSR count). The van der Waals surface area contributed by atoms with E-state index in [2.05, 4.69) is 23.7 Å². The molecule has 0 saturated heterocycles. The SMILES string of the molecule is CCCCCCCCCCC/C=C/[C@@H](O)[C@H](COP(=O)(O)O)NC(=O)CCCCCCCCCCCCCCCCCC. The molecule has 0 aromatic rings. The molecular weight excluding hydrogens is 561 g/mol. The van der Waals surface area contributed by atoms with Gasteiger partial charge in [0.2, 0.25) is 5.91 Å². The van der Waals surface area contributed by atoms with E-state index in [0.29, 0.717) is 6.42 Å². The van der Waals surface area contributed by atoms with Gasteiger partial charge in [-0.2, -0.15) is 0 Å². The van der Waals surface area contributed by atoms with Crippen LogP contribution in [0.4, 0.5) is 0 Å². The molecule has 0 bridgehead atoms. The van der Waals surface area contributed by atoms with E-state index in [1.165, 1.54) is 128 Å². The van der Waals surface area contributed by atoms with Crippen molar-refractivity contribution < 1.29 is 28.8 Å². The standard InChI is InChI=1S/C35H70NO6P/c1-3-5-7-9-11-13-15-16-17-18-19-21-23-25-27-29-31-35(38)36-33(32-42-43(39,40)41)34(37)30-28-26-24-22-20-14-12-10-8-6-4-2/h28,30,33-34,37H,3-27,29,31-32H2,1-2H3,(H,36,38)(H2,39,40,41)/b30-28+/t33-,34+/m0/s1. The van der Waals surface area contributed by atoms with E-state index in [1.54, 1.807) is 6.08 Å². The molecule has 256 valence electrons. The van der Waals surface area contributed by atoms with Crippen molar-refractivity contribution in [1.82, 2.24) is 5.32 Å². The molecule has 0 aromatic heterocycles. The summed E-state index contributed by atoms with van der Waals surface area (Å²) in [5.41, 5.74) is 0. The van der Waals surface area contributed by atoms with Crippen LogP contribution in [0.25, 0.3) is 0 Å². The van der Waals surface area contributed by atoms with Gasteiger partial charge in [-0.05, 0) is 19.3 Å². The van der Waals surface area contributed by atoms with Gasteiger partial charge in [0.25, 0.3) is 0 Å². The van der Waals surface area contributed by atoms with Gasteiger partial charge in [0.1, 0.15) is 0 Å². The van der Waals surface area contributed by atoms with Crippen LogP contribution < -0.4 is 5.32 Å². The van der Waals surface area contributed by atoms with Gasteiger partial charge in [-0.1, -0.05) is 174 Å². The van der Waals surface area contributed by atoms with E-state index in [-0.39, 0.29) is 5.91 Å². The lowest BCUT2D eigenvalue weighted by molar-refractivity contribution is -0.123. The van der Waals surface area contributed by atoms with Crippen molar-refractivity contribution in [1.29, 1.82) is 0 Å². The summed E-state index contributed by atoms with van der Waals surface area (Å²) in [6.07, 6.45) is 35.1. The summed E-state index contributed by atoms with van der Waals surface area (Å²) in [4.78, 5) is 30.7. The van der Waals surface area contributed by atoms with E-state index < -0.39 is 26.6 Å². The Morgan fingerprint density at radius 3 is 1.42 bits per heavy atom. The number of carbonyl (C=O) groups excluding carboxylic acids is 1. The summed E-state index contributed by atoms with van der Waals surface area (Å²) in [5.74, 6) is -0.226. The molecule has 0 saturated carbocycles. The number of aliphatic hydroxyl groups excluding tert-OH is 1. The highest BCUT2D eigenvalue weighted by atomic mass is 31.2. The number of phosphoric ester groups is 1. The van der Waals surface area contributed by atoms with E-state index in [4.69, 9.17) is 9.79 Å². The maximum atomic E-state index is 12.5. The van der Waals surface area contributed by atoms with Gasteiger partial charge >= 0.3 is 7.82 Å². The van der Waals surface area contributed by atoms with Crippen LogP contribution in [-0.4, -0.2) is 39.6 Å². The first kappa shape index (κ1) is 42.3. The third-order valence-corrected chi connectivity index (χ3v) is 8.73. The highest BCUT2D eigenvalue weighted by Crippen LogP contribution is 2.35. The van der Waals surface area contributed by atoms with Crippen molar-refractivity contribution in [3.8, 4) is 0 Å². The second-order valence-electron chi connectivity index (χ2n) is 12.5. The molecule has 1 amide bonds. The summed E-state index contributed by atoms with van der Waals surface area (Å²) in [7, 11) is -4.70. The number of amides is 1. The number of carbonyl (C=O) groups is 1. The monoisotopic (exact) mass is 631 g/mol. The Morgan fingerprint density at radius 1 is 0.651 bits per heavy atom. The Morgan fingerprint density at radius 2 is 1.02 bits per heavy atom. The molecule has 4 N–H and O–H groups in total. The fourth-order valence-electron chi connectivity index (χ4n) is 5.46. The quantitative estimate of drug-likeness (QED) is 0.0325. The Kier molecular flexibility index (Phi) is 30.7. The van der Waals surface area contributed by atoms with E-state index in [0.717, 1.165) is 38.5 Å². The predicted octanol–water partition coefficient (Wildman–Crippen LogP) is 10.1. The molecule has 43 heavy (non-hydrogen) atoms. The van der Waals surface area contributed by atoms with Crippen molar-refractivity contribution >= 4 is 13.7 Å². The predicted molar refractivity (Wildman–Crippen MR) is 181 cm³/mol. The highest BCUT2D eigenvalue weighted by molar-refractivity contribution is 7.46. The Hall–Kier alpha value is -0.720. The van der Waals surface area contributed by atoms with Crippen LogP contribution in [0.15, 0.2) is 12.2 Å². The molecule has 0 aromatic carbocycles. The number of allylic oxidation sites excluding steroid dienone is 1. The minimum absolute atomic E-state index is 0.226. The first-order valence-electron chi connectivity index (χ1n) is 18.1. The fraction of sp³-hybridized carbons (Fsp3) is 0.914. The maximum absolute atomic E-state index is 12.5. The molecule has 0 spiro atoms.